The summed E-state index contributed by atoms with van der Waals surface area (Å²) in [6, 6.07) is 11.7. The number of hydrogen-bond donors (Lipinski definition) is 1. The van der Waals surface area contributed by atoms with Crippen molar-refractivity contribution >= 4 is 17.3 Å². The Labute approximate surface area is 194 Å². The van der Waals surface area contributed by atoms with Crippen LogP contribution in [-0.4, -0.2) is 48.5 Å². The number of carboxylic acids is 1. The fourth-order valence-corrected chi connectivity index (χ4v) is 4.67. The number of Topliss-reactive ketones (excluding diaryl/α,β-unsaturated/α-hetero) is 1. The van der Waals surface area contributed by atoms with Gasteiger partial charge in [-0.1, -0.05) is 11.6 Å². The molecule has 0 aromatic heterocycles. The van der Waals surface area contributed by atoms with Gasteiger partial charge in [-0.15, -0.1) is 0 Å². The molecule has 1 saturated heterocycles. The molecule has 174 valence electrons. The molecule has 2 heterocycles. The second kappa shape index (κ2) is 9.02. The molecule has 0 atom stereocenters. The van der Waals surface area contributed by atoms with Crippen LogP contribution in [0, 0.1) is 5.41 Å². The largest absolute Gasteiger partial charge is 0.497 e. The zero-order valence-electron chi connectivity index (χ0n) is 19.7. The first-order valence-electron chi connectivity index (χ1n) is 11.3. The van der Waals surface area contributed by atoms with Crippen LogP contribution in [-0.2, 0) is 11.4 Å². The van der Waals surface area contributed by atoms with Gasteiger partial charge in [0.2, 0.25) is 0 Å². The number of carbonyl (C=O) groups is 2. The Morgan fingerprint density at radius 2 is 1.82 bits per heavy atom. The van der Waals surface area contributed by atoms with Crippen molar-refractivity contribution in [3.8, 4) is 11.5 Å². The molecule has 1 N–H and O–H groups in total. The predicted molar refractivity (Wildman–Crippen MR) is 127 cm³/mol. The molecule has 6 heteroatoms. The summed E-state index contributed by atoms with van der Waals surface area (Å²) in [6.45, 7) is 7.66. The van der Waals surface area contributed by atoms with Crippen LogP contribution in [0.1, 0.15) is 60.7 Å². The minimum atomic E-state index is -0.785. The van der Waals surface area contributed by atoms with E-state index in [9.17, 15) is 14.7 Å². The van der Waals surface area contributed by atoms with E-state index in [0.717, 1.165) is 59.7 Å². The van der Waals surface area contributed by atoms with Gasteiger partial charge in [0.05, 0.1) is 12.5 Å². The summed E-state index contributed by atoms with van der Waals surface area (Å²) < 4.78 is 11.6. The second-order valence-electron chi connectivity index (χ2n) is 9.52. The Morgan fingerprint density at radius 1 is 1.09 bits per heavy atom. The van der Waals surface area contributed by atoms with Crippen LogP contribution in [0.5, 0.6) is 11.5 Å². The fraction of sp³-hybridized carbons (Fsp3) is 0.407. The summed E-state index contributed by atoms with van der Waals surface area (Å²) in [7, 11) is 1.65. The smallest absolute Gasteiger partial charge is 0.310 e. The van der Waals surface area contributed by atoms with E-state index in [-0.39, 0.29) is 5.78 Å². The van der Waals surface area contributed by atoms with E-state index in [1.807, 2.05) is 30.3 Å². The van der Waals surface area contributed by atoms with Gasteiger partial charge >= 0.3 is 5.97 Å². The topological polar surface area (TPSA) is 76.1 Å². The lowest BCUT2D eigenvalue weighted by Crippen LogP contribution is -2.42. The fourth-order valence-electron chi connectivity index (χ4n) is 4.67. The number of ether oxygens (including phenoxy) is 2. The molecule has 0 aliphatic carbocycles. The molecule has 0 amide bonds. The first-order chi connectivity index (χ1) is 15.7. The van der Waals surface area contributed by atoms with E-state index in [0.29, 0.717) is 18.7 Å². The van der Waals surface area contributed by atoms with Crippen LogP contribution in [0.4, 0.5) is 0 Å². The summed E-state index contributed by atoms with van der Waals surface area (Å²) in [5.41, 5.74) is 5.40. The zero-order valence-corrected chi connectivity index (χ0v) is 19.7. The third-order valence-electron chi connectivity index (χ3n) is 6.63. The van der Waals surface area contributed by atoms with Gasteiger partial charge in [0.1, 0.15) is 18.1 Å². The van der Waals surface area contributed by atoms with E-state index < -0.39 is 11.4 Å². The molecule has 0 bridgehead atoms. The highest BCUT2D eigenvalue weighted by atomic mass is 16.5. The van der Waals surface area contributed by atoms with Crippen molar-refractivity contribution in [2.24, 2.45) is 5.41 Å². The maximum Gasteiger partial charge on any atom is 0.310 e. The van der Waals surface area contributed by atoms with Crippen molar-refractivity contribution in [3.63, 3.8) is 0 Å². The van der Waals surface area contributed by atoms with Crippen LogP contribution >= 0.6 is 0 Å². The standard InChI is InChI=1S/C27H31NO5/c1-17(29)19-5-8-24-23(14-19)25(22-7-6-21(32-4)13-20(22)15-33-24)18-9-11-28(12-10-18)16-27(2,3)26(30)31/h5-8,13-14H,9-12,15-16H2,1-4H3,(H,30,31). The monoisotopic (exact) mass is 449 g/mol. The first kappa shape index (κ1) is 23.1. The van der Waals surface area contributed by atoms with E-state index in [2.05, 4.69) is 11.0 Å². The average Bonchev–Trinajstić information content (AvgIpc) is 2.95. The number of hydrogen-bond acceptors (Lipinski definition) is 5. The molecule has 2 aromatic rings. The molecule has 33 heavy (non-hydrogen) atoms. The number of piperidine rings is 1. The van der Waals surface area contributed by atoms with E-state index in [1.54, 1.807) is 27.9 Å². The predicted octanol–water partition coefficient (Wildman–Crippen LogP) is 4.80. The minimum Gasteiger partial charge on any atom is -0.497 e. The van der Waals surface area contributed by atoms with Gasteiger partial charge in [-0.05, 0) is 75.1 Å². The maximum atomic E-state index is 12.1. The van der Waals surface area contributed by atoms with Crippen molar-refractivity contribution in [1.82, 2.24) is 4.90 Å². The zero-order chi connectivity index (χ0) is 23.8. The van der Waals surface area contributed by atoms with Crippen molar-refractivity contribution < 1.29 is 24.2 Å². The van der Waals surface area contributed by atoms with Crippen molar-refractivity contribution in [1.29, 1.82) is 0 Å². The number of fused-ring (bicyclic) bond motifs is 2. The van der Waals surface area contributed by atoms with Gasteiger partial charge in [-0.2, -0.15) is 0 Å². The molecule has 2 aromatic carbocycles. The van der Waals surface area contributed by atoms with Crippen LogP contribution < -0.4 is 9.47 Å². The summed E-state index contributed by atoms with van der Waals surface area (Å²) >= 11 is 0. The third kappa shape index (κ3) is 4.67. The number of likely N-dealkylation sites (tertiary alicyclic amines) is 1. The van der Waals surface area contributed by atoms with Gasteiger partial charge in [-0.25, -0.2) is 0 Å². The quantitative estimate of drug-likeness (QED) is 0.661. The molecule has 0 spiro atoms. The Morgan fingerprint density at radius 3 is 2.45 bits per heavy atom. The Hall–Kier alpha value is -3.12. The second-order valence-corrected chi connectivity index (χ2v) is 9.52. The number of carboxylic acid groups (broad SMARTS) is 1. The van der Waals surface area contributed by atoms with Gasteiger partial charge < -0.3 is 19.5 Å². The molecule has 2 aliphatic rings. The Kier molecular flexibility index (Phi) is 6.30. The van der Waals surface area contributed by atoms with Crippen LogP contribution in [0.15, 0.2) is 42.0 Å². The van der Waals surface area contributed by atoms with Crippen molar-refractivity contribution in [3.05, 3.63) is 64.2 Å². The number of benzene rings is 2. The SMILES string of the molecule is COc1ccc2c(c1)COc1ccc(C(C)=O)cc1C2=C1CCN(CC(C)(C)C(=O)O)CC1. The lowest BCUT2D eigenvalue weighted by Gasteiger charge is -2.34. The minimum absolute atomic E-state index is 0.0204. The molecular formula is C27H31NO5. The number of rotatable bonds is 5. The van der Waals surface area contributed by atoms with Gasteiger partial charge in [0, 0.05) is 36.3 Å². The summed E-state index contributed by atoms with van der Waals surface area (Å²) in [5, 5.41) is 9.50. The highest BCUT2D eigenvalue weighted by Crippen LogP contribution is 2.42. The van der Waals surface area contributed by atoms with Crippen LogP contribution in [0.3, 0.4) is 0 Å². The maximum absolute atomic E-state index is 12.1. The van der Waals surface area contributed by atoms with Gasteiger partial charge in [-0.3, -0.25) is 9.59 Å². The molecule has 2 aliphatic heterocycles. The third-order valence-corrected chi connectivity index (χ3v) is 6.63. The van der Waals surface area contributed by atoms with Crippen LogP contribution in [0.2, 0.25) is 0 Å². The summed E-state index contributed by atoms with van der Waals surface area (Å²) in [4.78, 5) is 25.9. The highest BCUT2D eigenvalue weighted by Gasteiger charge is 2.32. The normalized spacial score (nSPS) is 16.4. The molecule has 0 radical (unpaired) electrons. The van der Waals surface area contributed by atoms with E-state index in [4.69, 9.17) is 9.47 Å². The number of nitrogens with zero attached hydrogens (tertiary/aromatic N) is 1. The lowest BCUT2D eigenvalue weighted by molar-refractivity contribution is -0.148. The van der Waals surface area contributed by atoms with Crippen LogP contribution in [0.25, 0.3) is 5.57 Å². The molecular weight excluding hydrogens is 418 g/mol. The lowest BCUT2D eigenvalue weighted by atomic mass is 9.85. The molecule has 4 rings (SSSR count). The van der Waals surface area contributed by atoms with Gasteiger partial charge in [0.15, 0.2) is 5.78 Å². The number of carbonyl (C=O) groups excluding carboxylic acids is 1. The average molecular weight is 450 g/mol. The Balaban J connectivity index is 1.76. The van der Waals surface area contributed by atoms with Crippen molar-refractivity contribution in [2.45, 2.75) is 40.2 Å². The highest BCUT2D eigenvalue weighted by molar-refractivity contribution is 5.97. The molecule has 0 saturated carbocycles. The first-order valence-corrected chi connectivity index (χ1v) is 11.3. The number of aliphatic carboxylic acids is 1. The van der Waals surface area contributed by atoms with Gasteiger partial charge in [0.25, 0.3) is 0 Å². The molecule has 6 nitrogen and oxygen atoms in total. The number of ketones is 1. The van der Waals surface area contributed by atoms with E-state index in [1.165, 1.54) is 5.57 Å². The summed E-state index contributed by atoms with van der Waals surface area (Å²) in [5.74, 6) is 0.795. The number of methoxy groups -OCH3 is 1. The summed E-state index contributed by atoms with van der Waals surface area (Å²) in [6.07, 6.45) is 1.67. The van der Waals surface area contributed by atoms with Crippen molar-refractivity contribution in [2.75, 3.05) is 26.7 Å². The van der Waals surface area contributed by atoms with E-state index >= 15 is 0 Å². The molecule has 0 unspecified atom stereocenters. The molecule has 1 fully saturated rings. The Bertz CT molecular complexity index is 1120.